The highest BCUT2D eigenvalue weighted by Gasteiger charge is 2.18. The number of amides is 1. The average molecular weight is 530 g/mol. The van der Waals surface area contributed by atoms with Crippen LogP contribution in [0.4, 0.5) is 0 Å². The topological polar surface area (TPSA) is 80.1 Å². The molecule has 2 aromatic carbocycles. The van der Waals surface area contributed by atoms with Crippen molar-refractivity contribution >= 4 is 28.5 Å². The zero-order chi connectivity index (χ0) is 26.6. The summed E-state index contributed by atoms with van der Waals surface area (Å²) in [6, 6.07) is 17.3. The summed E-state index contributed by atoms with van der Waals surface area (Å²) in [4.78, 5) is 38.3. The minimum atomic E-state index is -0.317. The molecule has 0 unspecified atom stereocenters. The molecule has 0 aliphatic carbocycles. The zero-order valence-electron chi connectivity index (χ0n) is 21.8. The number of benzene rings is 2. The normalized spacial score (nSPS) is 14.2. The highest BCUT2D eigenvalue weighted by atomic mass is 35.5. The number of pyridine rings is 1. The van der Waals surface area contributed by atoms with Gasteiger partial charge in [-0.1, -0.05) is 48.4 Å². The highest BCUT2D eigenvalue weighted by molar-refractivity contribution is 6.30. The van der Waals surface area contributed by atoms with E-state index >= 15 is 0 Å². The van der Waals surface area contributed by atoms with Gasteiger partial charge in [0.25, 0.3) is 5.56 Å². The van der Waals surface area contributed by atoms with Crippen LogP contribution in [0.1, 0.15) is 38.7 Å². The molecule has 2 aromatic heterocycles. The van der Waals surface area contributed by atoms with Crippen LogP contribution in [0.3, 0.4) is 0 Å². The summed E-state index contributed by atoms with van der Waals surface area (Å²) in [5, 5.41) is 3.75. The molecule has 0 atom stereocenters. The Morgan fingerprint density at radius 1 is 1.00 bits per heavy atom. The van der Waals surface area contributed by atoms with Crippen molar-refractivity contribution in [2.75, 3.05) is 13.1 Å². The molecule has 0 bridgehead atoms. The quantitative estimate of drug-likeness (QED) is 0.352. The molecule has 3 heterocycles. The number of halogens is 1. The number of piperidine rings is 1. The fourth-order valence-corrected chi connectivity index (χ4v) is 5.19. The number of carbonyl (C=O) groups excluding carboxylic acids is 1. The van der Waals surface area contributed by atoms with E-state index < -0.39 is 0 Å². The van der Waals surface area contributed by atoms with Gasteiger partial charge in [-0.3, -0.25) is 19.1 Å². The van der Waals surface area contributed by atoms with Gasteiger partial charge in [0.2, 0.25) is 5.91 Å². The van der Waals surface area contributed by atoms with Crippen molar-refractivity contribution in [2.45, 2.75) is 52.2 Å². The first-order chi connectivity index (χ1) is 18.4. The summed E-state index contributed by atoms with van der Waals surface area (Å²) in [7, 11) is 0. The molecule has 1 N–H and O–H groups in total. The second kappa shape index (κ2) is 11.5. The van der Waals surface area contributed by atoms with E-state index in [9.17, 15) is 9.59 Å². The Bertz CT molecular complexity index is 1530. The van der Waals surface area contributed by atoms with Gasteiger partial charge in [0.1, 0.15) is 12.4 Å². The Kier molecular flexibility index (Phi) is 7.86. The number of hydrogen-bond donors (Lipinski definition) is 1. The molecule has 7 nitrogen and oxygen atoms in total. The molecular formula is C30H32ClN5O2. The van der Waals surface area contributed by atoms with Crippen LogP contribution in [0, 0.1) is 0 Å². The van der Waals surface area contributed by atoms with Crippen LogP contribution in [0.5, 0.6) is 0 Å². The van der Waals surface area contributed by atoms with Crippen LogP contribution in [0.25, 0.3) is 33.5 Å². The minimum Gasteiger partial charge on any atom is -0.352 e. The lowest BCUT2D eigenvalue weighted by molar-refractivity contribution is -0.122. The smallest absolute Gasteiger partial charge is 0.263 e. The average Bonchev–Trinajstić information content (AvgIpc) is 2.90. The van der Waals surface area contributed by atoms with Crippen LogP contribution >= 0.6 is 11.6 Å². The predicted molar refractivity (Wildman–Crippen MR) is 152 cm³/mol. The number of hydrogen-bond acceptors (Lipinski definition) is 5. The first-order valence-electron chi connectivity index (χ1n) is 13.1. The summed E-state index contributed by atoms with van der Waals surface area (Å²) in [5.74, 6) is 0.0914. The maximum absolute atomic E-state index is 13.8. The Morgan fingerprint density at radius 2 is 1.76 bits per heavy atom. The lowest BCUT2D eigenvalue weighted by Crippen LogP contribution is -2.37. The largest absolute Gasteiger partial charge is 0.352 e. The molecule has 0 saturated carbocycles. The summed E-state index contributed by atoms with van der Waals surface area (Å²) >= 11 is 6.23. The molecule has 1 amide bonds. The number of carbonyl (C=O) groups is 1. The van der Waals surface area contributed by atoms with E-state index in [0.29, 0.717) is 27.4 Å². The van der Waals surface area contributed by atoms with Gasteiger partial charge in [-0.2, -0.15) is 0 Å². The maximum Gasteiger partial charge on any atom is 0.263 e. The lowest BCUT2D eigenvalue weighted by atomic mass is 10.0. The molecule has 8 heteroatoms. The summed E-state index contributed by atoms with van der Waals surface area (Å²) in [5.41, 5.74) is 3.73. The molecule has 0 radical (unpaired) electrons. The Hall–Kier alpha value is -3.55. The number of aromatic nitrogens is 3. The molecule has 1 aliphatic rings. The Morgan fingerprint density at radius 3 is 2.53 bits per heavy atom. The van der Waals surface area contributed by atoms with Gasteiger partial charge in [0.15, 0.2) is 5.65 Å². The van der Waals surface area contributed by atoms with E-state index in [2.05, 4.69) is 27.3 Å². The monoisotopic (exact) mass is 529 g/mol. The molecular weight excluding hydrogens is 498 g/mol. The Labute approximate surface area is 227 Å². The number of rotatable bonds is 7. The van der Waals surface area contributed by atoms with Gasteiger partial charge < -0.3 is 5.32 Å². The van der Waals surface area contributed by atoms with E-state index in [0.717, 1.165) is 30.8 Å². The fraction of sp³-hybridized carbons (Fsp3) is 0.333. The van der Waals surface area contributed by atoms with Crippen molar-refractivity contribution in [3.05, 3.63) is 81.7 Å². The van der Waals surface area contributed by atoms with Crippen LogP contribution in [-0.2, 0) is 17.9 Å². The molecule has 196 valence electrons. The standard InChI is InChI=1S/C30H32ClN5O2/c1-20(2)33-27(37)19-36-29(23-10-7-11-25(31)15-23)34-28-26(30(36)38)16-24(17-32-28)22-9-6-8-21(14-22)18-35-12-4-3-5-13-35/h6-11,14-17,20H,3-5,12-13,18-19H2,1-2H3,(H,33,37). The second-order valence-corrected chi connectivity index (χ2v) is 10.6. The van der Waals surface area contributed by atoms with Crippen molar-refractivity contribution < 1.29 is 4.79 Å². The fourth-order valence-electron chi connectivity index (χ4n) is 4.99. The third-order valence-electron chi connectivity index (χ3n) is 6.76. The van der Waals surface area contributed by atoms with Crippen LogP contribution in [0.2, 0.25) is 5.02 Å². The van der Waals surface area contributed by atoms with Crippen molar-refractivity contribution in [2.24, 2.45) is 0 Å². The van der Waals surface area contributed by atoms with Crippen molar-refractivity contribution in [1.29, 1.82) is 0 Å². The summed E-state index contributed by atoms with van der Waals surface area (Å²) in [6.45, 7) is 6.78. The summed E-state index contributed by atoms with van der Waals surface area (Å²) in [6.07, 6.45) is 5.56. The molecule has 1 saturated heterocycles. The van der Waals surface area contributed by atoms with Crippen LogP contribution in [0.15, 0.2) is 65.6 Å². The first-order valence-corrected chi connectivity index (χ1v) is 13.5. The van der Waals surface area contributed by atoms with Crippen molar-refractivity contribution in [1.82, 2.24) is 24.8 Å². The van der Waals surface area contributed by atoms with Gasteiger partial charge in [-0.05, 0) is 75.2 Å². The van der Waals surface area contributed by atoms with E-state index in [4.69, 9.17) is 16.6 Å². The van der Waals surface area contributed by atoms with Gasteiger partial charge in [0, 0.05) is 34.9 Å². The molecule has 1 aliphatic heterocycles. The summed E-state index contributed by atoms with van der Waals surface area (Å²) < 4.78 is 1.41. The van der Waals surface area contributed by atoms with Gasteiger partial charge >= 0.3 is 0 Å². The number of fused-ring (bicyclic) bond motifs is 1. The number of nitrogens with one attached hydrogen (secondary N) is 1. The maximum atomic E-state index is 13.8. The second-order valence-electron chi connectivity index (χ2n) is 10.2. The van der Waals surface area contributed by atoms with Gasteiger partial charge in [-0.15, -0.1) is 0 Å². The third kappa shape index (κ3) is 5.95. The SMILES string of the molecule is CC(C)NC(=O)Cn1c(-c2cccc(Cl)c2)nc2ncc(-c3cccc(CN4CCCCC4)c3)cc2c1=O. The number of nitrogens with zero attached hydrogens (tertiary/aromatic N) is 4. The highest BCUT2D eigenvalue weighted by Crippen LogP contribution is 2.26. The molecule has 38 heavy (non-hydrogen) atoms. The van der Waals surface area contributed by atoms with E-state index in [1.54, 1.807) is 24.4 Å². The van der Waals surface area contributed by atoms with Gasteiger partial charge in [0.05, 0.1) is 5.39 Å². The molecule has 0 spiro atoms. The number of likely N-dealkylation sites (tertiary alicyclic amines) is 1. The van der Waals surface area contributed by atoms with E-state index in [1.165, 1.54) is 29.4 Å². The van der Waals surface area contributed by atoms with Gasteiger partial charge in [-0.25, -0.2) is 9.97 Å². The first kappa shape index (κ1) is 26.1. The predicted octanol–water partition coefficient (Wildman–Crippen LogP) is 5.29. The van der Waals surface area contributed by atoms with E-state index in [1.807, 2.05) is 38.1 Å². The van der Waals surface area contributed by atoms with Crippen LogP contribution < -0.4 is 10.9 Å². The van der Waals surface area contributed by atoms with Crippen LogP contribution in [-0.4, -0.2) is 44.5 Å². The molecule has 4 aromatic rings. The van der Waals surface area contributed by atoms with Crippen molar-refractivity contribution in [3.63, 3.8) is 0 Å². The zero-order valence-corrected chi connectivity index (χ0v) is 22.5. The Balaban J connectivity index is 1.56. The molecule has 5 rings (SSSR count). The lowest BCUT2D eigenvalue weighted by Gasteiger charge is -2.26. The minimum absolute atomic E-state index is 0.0493. The third-order valence-corrected chi connectivity index (χ3v) is 6.99. The van der Waals surface area contributed by atoms with E-state index in [-0.39, 0.29) is 24.1 Å². The van der Waals surface area contributed by atoms with Crippen molar-refractivity contribution in [3.8, 4) is 22.5 Å². The molecule has 1 fully saturated rings.